The summed E-state index contributed by atoms with van der Waals surface area (Å²) in [5.74, 6) is 0.0551. The van der Waals surface area contributed by atoms with Crippen molar-refractivity contribution in [3.8, 4) is 0 Å². The number of hydrogen-bond donors (Lipinski definition) is 2. The summed E-state index contributed by atoms with van der Waals surface area (Å²) in [6, 6.07) is 6.58. The van der Waals surface area contributed by atoms with E-state index in [1.807, 2.05) is 17.0 Å². The minimum Gasteiger partial charge on any atom is -0.356 e. The van der Waals surface area contributed by atoms with E-state index in [1.54, 1.807) is 12.1 Å². The lowest BCUT2D eigenvalue weighted by Gasteiger charge is -2.33. The van der Waals surface area contributed by atoms with Crippen molar-refractivity contribution in [1.29, 1.82) is 0 Å². The highest BCUT2D eigenvalue weighted by molar-refractivity contribution is 5.89. The van der Waals surface area contributed by atoms with Gasteiger partial charge in [-0.05, 0) is 25.0 Å². The number of anilines is 1. The molecule has 0 saturated carbocycles. The number of urea groups is 1. The van der Waals surface area contributed by atoms with Crippen molar-refractivity contribution in [3.63, 3.8) is 0 Å². The van der Waals surface area contributed by atoms with Crippen LogP contribution in [0.3, 0.4) is 0 Å². The molecule has 0 unspecified atom stereocenters. The number of fused-ring (bicyclic) bond motifs is 1. The Balaban J connectivity index is 1.89. The van der Waals surface area contributed by atoms with E-state index in [4.69, 9.17) is 5.73 Å². The number of amides is 2. The molecule has 1 aromatic heterocycles. The van der Waals surface area contributed by atoms with Gasteiger partial charge >= 0.3 is 6.03 Å². The molecule has 1 fully saturated rings. The van der Waals surface area contributed by atoms with Gasteiger partial charge in [0.2, 0.25) is 0 Å². The SMILES string of the molecule is NC(=O)NC1CCN(c2nc(C(F)F)nc3ccccc23)CC1. The largest absolute Gasteiger partial charge is 0.356 e. The second-order valence-corrected chi connectivity index (χ2v) is 5.49. The first kappa shape index (κ1) is 15.4. The fourth-order valence-electron chi connectivity index (χ4n) is 2.85. The molecular weight excluding hydrogens is 304 g/mol. The van der Waals surface area contributed by atoms with Crippen molar-refractivity contribution in [2.45, 2.75) is 25.3 Å². The number of nitrogens with one attached hydrogen (secondary N) is 1. The molecule has 1 aromatic carbocycles. The van der Waals surface area contributed by atoms with Gasteiger partial charge in [0, 0.05) is 24.5 Å². The Bertz CT molecular complexity index is 716. The van der Waals surface area contributed by atoms with Crippen LogP contribution in [-0.4, -0.2) is 35.1 Å². The number of nitrogens with two attached hydrogens (primary N) is 1. The zero-order valence-corrected chi connectivity index (χ0v) is 12.4. The van der Waals surface area contributed by atoms with Crippen LogP contribution < -0.4 is 16.0 Å². The second-order valence-electron chi connectivity index (χ2n) is 5.49. The summed E-state index contributed by atoms with van der Waals surface area (Å²) >= 11 is 0. The molecule has 8 heteroatoms. The molecule has 2 heterocycles. The van der Waals surface area contributed by atoms with Gasteiger partial charge in [-0.2, -0.15) is 0 Å². The molecule has 1 aliphatic rings. The zero-order chi connectivity index (χ0) is 16.4. The summed E-state index contributed by atoms with van der Waals surface area (Å²) in [7, 11) is 0. The third-order valence-electron chi connectivity index (χ3n) is 3.94. The highest BCUT2D eigenvalue weighted by Crippen LogP contribution is 2.28. The Morgan fingerprint density at radius 2 is 1.96 bits per heavy atom. The zero-order valence-electron chi connectivity index (χ0n) is 12.4. The Hall–Kier alpha value is -2.51. The minimum absolute atomic E-state index is 0.00594. The number of aromatic nitrogens is 2. The predicted octanol–water partition coefficient (Wildman–Crippen LogP) is 2.20. The molecule has 6 nitrogen and oxygen atoms in total. The lowest BCUT2D eigenvalue weighted by atomic mass is 10.0. The van der Waals surface area contributed by atoms with Crippen LogP contribution in [-0.2, 0) is 0 Å². The van der Waals surface area contributed by atoms with Crippen LogP contribution in [0.25, 0.3) is 10.9 Å². The quantitative estimate of drug-likeness (QED) is 0.908. The monoisotopic (exact) mass is 321 g/mol. The van der Waals surface area contributed by atoms with Crippen molar-refractivity contribution in [1.82, 2.24) is 15.3 Å². The standard InChI is InChI=1S/C15H17F2N5O/c16-12(17)13-20-11-4-2-1-3-10(11)14(21-13)22-7-5-9(6-8-22)19-15(18)23/h1-4,9,12H,5-8H2,(H3,18,19,23). The van der Waals surface area contributed by atoms with Gasteiger partial charge in [-0.3, -0.25) is 0 Å². The van der Waals surface area contributed by atoms with Crippen molar-refractivity contribution in [2.24, 2.45) is 5.73 Å². The maximum atomic E-state index is 13.0. The van der Waals surface area contributed by atoms with E-state index in [0.717, 1.165) is 5.39 Å². The summed E-state index contributed by atoms with van der Waals surface area (Å²) < 4.78 is 26.1. The van der Waals surface area contributed by atoms with Crippen molar-refractivity contribution in [2.75, 3.05) is 18.0 Å². The molecular formula is C15H17F2N5O. The van der Waals surface area contributed by atoms with E-state index >= 15 is 0 Å². The first-order chi connectivity index (χ1) is 11.0. The van der Waals surface area contributed by atoms with E-state index in [9.17, 15) is 13.6 Å². The van der Waals surface area contributed by atoms with Crippen LogP contribution in [0.15, 0.2) is 24.3 Å². The lowest BCUT2D eigenvalue weighted by molar-refractivity contribution is 0.141. The van der Waals surface area contributed by atoms with Crippen LogP contribution in [0.2, 0.25) is 0 Å². The van der Waals surface area contributed by atoms with E-state index in [2.05, 4.69) is 15.3 Å². The summed E-state index contributed by atoms with van der Waals surface area (Å²) in [6.07, 6.45) is -1.34. The first-order valence-corrected chi connectivity index (χ1v) is 7.40. The van der Waals surface area contributed by atoms with Crippen LogP contribution in [0.1, 0.15) is 25.1 Å². The summed E-state index contributed by atoms with van der Waals surface area (Å²) in [5, 5.41) is 3.43. The molecule has 23 heavy (non-hydrogen) atoms. The van der Waals surface area contributed by atoms with Gasteiger partial charge in [0.1, 0.15) is 5.82 Å². The van der Waals surface area contributed by atoms with Crippen LogP contribution in [0.4, 0.5) is 19.4 Å². The molecule has 1 saturated heterocycles. The van der Waals surface area contributed by atoms with Crippen molar-refractivity contribution in [3.05, 3.63) is 30.1 Å². The number of rotatable bonds is 3. The van der Waals surface area contributed by atoms with Gasteiger partial charge in [0.05, 0.1) is 5.52 Å². The molecule has 122 valence electrons. The third kappa shape index (κ3) is 3.30. The molecule has 0 atom stereocenters. The second kappa shape index (κ2) is 6.31. The van der Waals surface area contributed by atoms with Gasteiger partial charge in [-0.25, -0.2) is 23.5 Å². The van der Waals surface area contributed by atoms with E-state index in [1.165, 1.54) is 0 Å². The number of hydrogen-bond acceptors (Lipinski definition) is 4. The van der Waals surface area contributed by atoms with Crippen molar-refractivity contribution < 1.29 is 13.6 Å². The van der Waals surface area contributed by atoms with Gasteiger partial charge < -0.3 is 16.0 Å². The third-order valence-corrected chi connectivity index (χ3v) is 3.94. The van der Waals surface area contributed by atoms with E-state index < -0.39 is 18.3 Å². The number of nitrogens with zero attached hydrogens (tertiary/aromatic N) is 3. The first-order valence-electron chi connectivity index (χ1n) is 7.40. The Morgan fingerprint density at radius 1 is 1.26 bits per heavy atom. The van der Waals surface area contributed by atoms with Crippen LogP contribution >= 0.6 is 0 Å². The maximum Gasteiger partial charge on any atom is 0.312 e. The molecule has 0 spiro atoms. The number of halogens is 2. The van der Waals surface area contributed by atoms with Crippen molar-refractivity contribution >= 4 is 22.8 Å². The summed E-state index contributed by atoms with van der Waals surface area (Å²) in [4.78, 5) is 20.8. The van der Waals surface area contributed by atoms with Crippen LogP contribution in [0.5, 0.6) is 0 Å². The fourth-order valence-corrected chi connectivity index (χ4v) is 2.85. The Kier molecular flexibility index (Phi) is 4.22. The van der Waals surface area contributed by atoms with E-state index in [-0.39, 0.29) is 6.04 Å². The highest BCUT2D eigenvalue weighted by Gasteiger charge is 2.24. The van der Waals surface area contributed by atoms with Gasteiger partial charge in [-0.1, -0.05) is 12.1 Å². The molecule has 0 radical (unpaired) electrons. The fraction of sp³-hybridized carbons (Fsp3) is 0.400. The number of para-hydroxylation sites is 1. The Labute approximate surface area is 131 Å². The average molecular weight is 321 g/mol. The molecule has 2 aromatic rings. The lowest BCUT2D eigenvalue weighted by Crippen LogP contribution is -2.46. The average Bonchev–Trinajstić information content (AvgIpc) is 2.54. The summed E-state index contributed by atoms with van der Waals surface area (Å²) in [6.45, 7) is 1.21. The smallest absolute Gasteiger partial charge is 0.312 e. The number of piperidine rings is 1. The predicted molar refractivity (Wildman–Crippen MR) is 82.4 cm³/mol. The normalized spacial score (nSPS) is 16.0. The molecule has 3 rings (SSSR count). The minimum atomic E-state index is -2.72. The van der Waals surface area contributed by atoms with Crippen LogP contribution in [0, 0.1) is 0 Å². The molecule has 3 N–H and O–H groups in total. The van der Waals surface area contributed by atoms with Gasteiger partial charge in [-0.15, -0.1) is 0 Å². The Morgan fingerprint density at radius 3 is 2.61 bits per heavy atom. The number of primary amides is 1. The number of carbonyl (C=O) groups is 1. The van der Waals surface area contributed by atoms with E-state index in [0.29, 0.717) is 37.3 Å². The maximum absolute atomic E-state index is 13.0. The summed E-state index contributed by atoms with van der Waals surface area (Å²) in [5.41, 5.74) is 5.63. The number of benzene rings is 1. The molecule has 2 amide bonds. The molecule has 0 bridgehead atoms. The topological polar surface area (TPSA) is 84.1 Å². The van der Waals surface area contributed by atoms with Gasteiger partial charge in [0.15, 0.2) is 5.82 Å². The number of carbonyl (C=O) groups excluding carboxylic acids is 1. The van der Waals surface area contributed by atoms with Gasteiger partial charge in [0.25, 0.3) is 6.43 Å². The highest BCUT2D eigenvalue weighted by atomic mass is 19.3. The molecule has 0 aliphatic carbocycles. The molecule has 1 aliphatic heterocycles. The number of alkyl halides is 2.